The number of nitrogen functional groups attached to an aromatic ring is 1. The van der Waals surface area contributed by atoms with Gasteiger partial charge in [-0.3, -0.25) is 4.98 Å². The average molecular weight is 248 g/mol. The lowest BCUT2D eigenvalue weighted by molar-refractivity contribution is 1.32. The van der Waals surface area contributed by atoms with E-state index in [1.807, 2.05) is 13.0 Å². The van der Waals surface area contributed by atoms with Crippen molar-refractivity contribution in [3.63, 3.8) is 0 Å². The summed E-state index contributed by atoms with van der Waals surface area (Å²) in [6.07, 6.45) is 3.53. The first-order valence-electron chi connectivity index (χ1n) is 4.68. The van der Waals surface area contributed by atoms with Gasteiger partial charge in [0.2, 0.25) is 0 Å². The average Bonchev–Trinajstić information content (AvgIpc) is 2.82. The lowest BCUT2D eigenvalue weighted by atomic mass is 10.2. The Bertz CT molecular complexity index is 603. The molecular formula is C10H8N4S2. The molecule has 0 amide bonds. The van der Waals surface area contributed by atoms with Crippen LogP contribution in [0.5, 0.6) is 0 Å². The third kappa shape index (κ3) is 1.38. The minimum absolute atomic E-state index is 0.726. The maximum absolute atomic E-state index is 5.90. The fourth-order valence-corrected chi connectivity index (χ4v) is 3.30. The van der Waals surface area contributed by atoms with Gasteiger partial charge in [-0.05, 0) is 24.5 Å². The zero-order chi connectivity index (χ0) is 11.1. The Labute approximate surface area is 100.0 Å². The van der Waals surface area contributed by atoms with Crippen LogP contribution in [0.25, 0.3) is 20.8 Å². The summed E-state index contributed by atoms with van der Waals surface area (Å²) >= 11 is 2.93. The molecule has 3 heterocycles. The predicted molar refractivity (Wildman–Crippen MR) is 67.7 cm³/mol. The summed E-state index contributed by atoms with van der Waals surface area (Å²) in [6.45, 7) is 1.95. The molecule has 16 heavy (non-hydrogen) atoms. The van der Waals surface area contributed by atoms with E-state index in [0.29, 0.717) is 0 Å². The fraction of sp³-hybridized carbons (Fsp3) is 0.100. The van der Waals surface area contributed by atoms with E-state index in [9.17, 15) is 0 Å². The Balaban J connectivity index is 2.27. The zero-order valence-electron chi connectivity index (χ0n) is 8.47. The molecule has 4 nitrogen and oxygen atoms in total. The van der Waals surface area contributed by atoms with Gasteiger partial charge < -0.3 is 5.73 Å². The minimum atomic E-state index is 0.726. The molecule has 80 valence electrons. The van der Waals surface area contributed by atoms with Gasteiger partial charge in [-0.25, -0.2) is 4.98 Å². The number of nitrogens with zero attached hydrogens (tertiary/aromatic N) is 3. The summed E-state index contributed by atoms with van der Waals surface area (Å²) in [7, 11) is 0. The Morgan fingerprint density at radius 2 is 2.25 bits per heavy atom. The van der Waals surface area contributed by atoms with Crippen LogP contribution in [0.2, 0.25) is 0 Å². The molecule has 0 saturated heterocycles. The normalized spacial score (nSPS) is 11.1. The van der Waals surface area contributed by atoms with Crippen molar-refractivity contribution in [2.24, 2.45) is 0 Å². The quantitative estimate of drug-likeness (QED) is 0.719. The molecule has 2 N–H and O–H groups in total. The van der Waals surface area contributed by atoms with Crippen molar-refractivity contribution in [1.82, 2.24) is 14.3 Å². The number of aryl methyl sites for hydroxylation is 1. The van der Waals surface area contributed by atoms with Gasteiger partial charge in [0.15, 0.2) is 0 Å². The molecule has 0 spiro atoms. The lowest BCUT2D eigenvalue weighted by Gasteiger charge is -1.93. The first-order valence-corrected chi connectivity index (χ1v) is 6.27. The Morgan fingerprint density at radius 3 is 2.94 bits per heavy atom. The first kappa shape index (κ1) is 9.68. The molecule has 0 aliphatic heterocycles. The van der Waals surface area contributed by atoms with Crippen molar-refractivity contribution in [2.45, 2.75) is 6.92 Å². The highest BCUT2D eigenvalue weighted by molar-refractivity contribution is 7.22. The van der Waals surface area contributed by atoms with Crippen molar-refractivity contribution in [1.29, 1.82) is 0 Å². The molecule has 0 aromatic carbocycles. The second kappa shape index (κ2) is 3.50. The van der Waals surface area contributed by atoms with E-state index >= 15 is 0 Å². The van der Waals surface area contributed by atoms with Crippen molar-refractivity contribution >= 4 is 38.1 Å². The number of aromatic nitrogens is 3. The number of anilines is 1. The summed E-state index contributed by atoms with van der Waals surface area (Å²) in [5.74, 6) is 0. The second-order valence-electron chi connectivity index (χ2n) is 3.37. The van der Waals surface area contributed by atoms with Gasteiger partial charge in [-0.1, -0.05) is 0 Å². The van der Waals surface area contributed by atoms with Gasteiger partial charge in [0.05, 0.1) is 22.2 Å². The maximum Gasteiger partial charge on any atom is 0.129 e. The predicted octanol–water partition coefficient (Wildman–Crippen LogP) is 2.71. The van der Waals surface area contributed by atoms with Crippen molar-refractivity contribution < 1.29 is 0 Å². The first-order chi connectivity index (χ1) is 7.75. The molecule has 0 aliphatic carbocycles. The molecule has 0 atom stereocenters. The van der Waals surface area contributed by atoms with Gasteiger partial charge in [-0.2, -0.15) is 4.37 Å². The topological polar surface area (TPSA) is 64.7 Å². The van der Waals surface area contributed by atoms with Gasteiger partial charge in [0.25, 0.3) is 0 Å². The Hall–Kier alpha value is -1.53. The van der Waals surface area contributed by atoms with Gasteiger partial charge >= 0.3 is 0 Å². The lowest BCUT2D eigenvalue weighted by Crippen LogP contribution is -1.85. The molecule has 3 aromatic rings. The van der Waals surface area contributed by atoms with Crippen LogP contribution in [0.1, 0.15) is 5.69 Å². The Morgan fingerprint density at radius 1 is 1.38 bits per heavy atom. The van der Waals surface area contributed by atoms with Crippen LogP contribution in [0.3, 0.4) is 0 Å². The van der Waals surface area contributed by atoms with Gasteiger partial charge in [-0.15, -0.1) is 11.3 Å². The van der Waals surface area contributed by atoms with Crippen LogP contribution < -0.4 is 5.73 Å². The number of nitrogens with two attached hydrogens (primary N) is 1. The van der Waals surface area contributed by atoms with Crippen LogP contribution in [-0.4, -0.2) is 14.3 Å². The number of hydrogen-bond acceptors (Lipinski definition) is 6. The number of fused-ring (bicyclic) bond motifs is 1. The molecule has 0 saturated carbocycles. The molecule has 6 heteroatoms. The molecule has 3 rings (SSSR count). The molecule has 0 bridgehead atoms. The van der Waals surface area contributed by atoms with Gasteiger partial charge in [0, 0.05) is 6.20 Å². The maximum atomic E-state index is 5.90. The van der Waals surface area contributed by atoms with E-state index < -0.39 is 0 Å². The smallest absolute Gasteiger partial charge is 0.129 e. The molecule has 3 aromatic heterocycles. The SMILES string of the molecule is Cc1nsc(N)c1-c1nc2cnccc2s1. The molecular weight excluding hydrogens is 240 g/mol. The largest absolute Gasteiger partial charge is 0.389 e. The second-order valence-corrected chi connectivity index (χ2v) is 5.21. The third-order valence-electron chi connectivity index (χ3n) is 2.29. The monoisotopic (exact) mass is 248 g/mol. The van der Waals surface area contributed by atoms with Gasteiger partial charge in [0.1, 0.15) is 15.5 Å². The van der Waals surface area contributed by atoms with E-state index in [1.54, 1.807) is 23.7 Å². The van der Waals surface area contributed by atoms with Crippen LogP contribution >= 0.6 is 22.9 Å². The standard InChI is InChI=1S/C10H8N4S2/c1-5-8(9(11)16-14-5)10-13-6-4-12-3-2-7(6)15-10/h2-4H,11H2,1H3. The van der Waals surface area contributed by atoms with Crippen molar-refractivity contribution in [3.8, 4) is 10.6 Å². The van der Waals surface area contributed by atoms with E-state index in [1.165, 1.54) is 11.5 Å². The minimum Gasteiger partial charge on any atom is -0.389 e. The zero-order valence-corrected chi connectivity index (χ0v) is 10.1. The van der Waals surface area contributed by atoms with Crippen LogP contribution in [-0.2, 0) is 0 Å². The highest BCUT2D eigenvalue weighted by Gasteiger charge is 2.14. The molecule has 0 radical (unpaired) electrons. The highest BCUT2D eigenvalue weighted by Crippen LogP contribution is 2.36. The summed E-state index contributed by atoms with van der Waals surface area (Å²) in [5, 5.41) is 1.65. The summed E-state index contributed by atoms with van der Waals surface area (Å²) in [6, 6.07) is 1.96. The third-order valence-corrected chi connectivity index (χ3v) is 4.11. The molecule has 0 fully saturated rings. The number of thiazole rings is 1. The van der Waals surface area contributed by atoms with Crippen molar-refractivity contribution in [3.05, 3.63) is 24.2 Å². The fourth-order valence-electron chi connectivity index (χ4n) is 1.53. The highest BCUT2D eigenvalue weighted by atomic mass is 32.1. The Kier molecular flexibility index (Phi) is 2.12. The van der Waals surface area contributed by atoms with E-state index in [0.717, 1.165) is 31.5 Å². The van der Waals surface area contributed by atoms with E-state index in [2.05, 4.69) is 14.3 Å². The number of rotatable bonds is 1. The summed E-state index contributed by atoms with van der Waals surface area (Å²) in [4.78, 5) is 8.57. The molecule has 0 aliphatic rings. The van der Waals surface area contributed by atoms with E-state index in [4.69, 9.17) is 5.73 Å². The van der Waals surface area contributed by atoms with E-state index in [-0.39, 0.29) is 0 Å². The van der Waals surface area contributed by atoms with Crippen LogP contribution in [0.15, 0.2) is 18.5 Å². The van der Waals surface area contributed by atoms with Crippen LogP contribution in [0.4, 0.5) is 5.00 Å². The number of pyridine rings is 1. The number of hydrogen-bond donors (Lipinski definition) is 1. The van der Waals surface area contributed by atoms with Crippen molar-refractivity contribution in [2.75, 3.05) is 5.73 Å². The summed E-state index contributed by atoms with van der Waals surface area (Å²) in [5.41, 5.74) is 8.72. The molecule has 0 unspecified atom stereocenters. The van der Waals surface area contributed by atoms with Crippen LogP contribution in [0, 0.1) is 6.92 Å². The summed E-state index contributed by atoms with van der Waals surface area (Å²) < 4.78 is 5.35.